The van der Waals surface area contributed by atoms with Crippen LogP contribution in [-0.4, -0.2) is 112 Å². The number of esters is 1. The maximum atomic E-state index is 12.2. The monoisotopic (exact) mass is 1350 g/mol. The smallest absolute Gasteiger partial charge is 0.407 e. The average molecular weight is 1350 g/mol. The van der Waals surface area contributed by atoms with Gasteiger partial charge in [0.1, 0.15) is 19.3 Å². The Morgan fingerprint density at radius 2 is 0.889 bits per heavy atom. The van der Waals surface area contributed by atoms with E-state index in [1.165, 1.54) is 44.9 Å². The molecule has 0 saturated carbocycles. The number of alkyl carbamates (subject to hydrolysis) is 1. The summed E-state index contributed by atoms with van der Waals surface area (Å²) in [7, 11) is -4.78. The zero-order valence-electron chi connectivity index (χ0n) is 50.2. The lowest BCUT2D eigenvalue weighted by Gasteiger charge is -2.18. The van der Waals surface area contributed by atoms with Gasteiger partial charge in [-0.3, -0.25) is 24.1 Å². The molecule has 0 fully saturated rings. The summed E-state index contributed by atoms with van der Waals surface area (Å²) in [5.74, 6) is -0.943. The van der Waals surface area contributed by atoms with Crippen LogP contribution in [0.4, 0.5) is 25.8 Å². The third-order valence-corrected chi connectivity index (χ3v) is 15.8. The number of rotatable bonds is 37. The predicted octanol–water partition coefficient (Wildman–Crippen LogP) is 15.4. The molecule has 5 aromatic carbocycles. The summed E-state index contributed by atoms with van der Waals surface area (Å²) in [5.41, 5.74) is 15.6. The molecule has 16 nitrogen and oxygen atoms in total. The Morgan fingerprint density at radius 1 is 0.489 bits per heavy atom. The van der Waals surface area contributed by atoms with Gasteiger partial charge >= 0.3 is 12.1 Å². The normalized spacial score (nSPS) is 13.4. The van der Waals surface area contributed by atoms with Crippen molar-refractivity contribution in [2.24, 2.45) is 5.73 Å². The van der Waals surface area contributed by atoms with Crippen molar-refractivity contribution >= 4 is 75.3 Å². The number of amides is 3. The molecule has 1 aliphatic heterocycles. The van der Waals surface area contributed by atoms with Gasteiger partial charge < -0.3 is 48.2 Å². The first-order valence-electron chi connectivity index (χ1n) is 29.8. The van der Waals surface area contributed by atoms with Gasteiger partial charge in [-0.15, -0.1) is 0 Å². The molecule has 492 valence electrons. The number of halogens is 5. The number of nitrogens with two attached hydrogens (primary N) is 1. The van der Waals surface area contributed by atoms with Gasteiger partial charge in [-0.2, -0.15) is 21.0 Å². The summed E-state index contributed by atoms with van der Waals surface area (Å²) >= 11 is 0. The van der Waals surface area contributed by atoms with E-state index in [2.05, 4.69) is 59.8 Å². The zero-order chi connectivity index (χ0) is 64.8. The minimum absolute atomic E-state index is 0.0688. The molecule has 0 bridgehead atoms. The van der Waals surface area contributed by atoms with Crippen molar-refractivity contribution in [1.82, 2.24) is 10.2 Å². The number of hydrogen-bond donors (Lipinski definition) is 3. The van der Waals surface area contributed by atoms with Crippen LogP contribution in [0, 0.1) is 0 Å². The summed E-state index contributed by atoms with van der Waals surface area (Å²) in [4.78, 5) is 59.8. The molecule has 0 aromatic heterocycles. The van der Waals surface area contributed by atoms with Crippen LogP contribution < -0.4 is 11.1 Å². The van der Waals surface area contributed by atoms with Crippen molar-refractivity contribution in [3.63, 3.8) is 0 Å². The average Bonchev–Trinajstić information content (AvgIpc) is 1.68. The van der Waals surface area contributed by atoms with Crippen LogP contribution in [0.25, 0.3) is 22.3 Å². The quantitative estimate of drug-likeness (QED) is 0.0111. The fraction of sp³-hybridized carbons (Fsp3) is 0.422. The Morgan fingerprint density at radius 3 is 1.34 bits per heavy atom. The lowest BCUT2D eigenvalue weighted by atomic mass is 9.98. The predicted molar refractivity (Wildman–Crippen MR) is 351 cm³/mol. The number of ketones is 1. The summed E-state index contributed by atoms with van der Waals surface area (Å²) in [5, 5.41) is 11.8. The van der Waals surface area contributed by atoms with Gasteiger partial charge in [0.25, 0.3) is 11.8 Å². The highest BCUT2D eigenvalue weighted by Gasteiger charge is 2.31. The van der Waals surface area contributed by atoms with Crippen LogP contribution in [0.15, 0.2) is 140 Å². The van der Waals surface area contributed by atoms with E-state index >= 15 is 0 Å². The Labute approximate surface area is 534 Å². The Balaban J connectivity index is 0.000000260. The molecule has 5 aromatic rings. The number of carbonyl (C=O) groups is 5. The number of nitrogens with one attached hydrogen (secondary N) is 1. The molecular formula is C64H83F5N3O13P5. The molecule has 0 spiro atoms. The van der Waals surface area contributed by atoms with Crippen LogP contribution in [0.1, 0.15) is 123 Å². The lowest BCUT2D eigenvalue weighted by molar-refractivity contribution is -0.144. The van der Waals surface area contributed by atoms with Crippen molar-refractivity contribution < 1.29 is 82.2 Å². The molecule has 5 unspecified atom stereocenters. The van der Waals surface area contributed by atoms with Gasteiger partial charge in [-0.05, 0) is 108 Å². The molecule has 3 aliphatic rings. The van der Waals surface area contributed by atoms with Gasteiger partial charge in [-0.1, -0.05) is 147 Å². The molecule has 0 radical (unpaired) electrons. The number of Topliss-reactive ketones (excluding diaryl/α,β-unsaturated/α-hetero) is 1. The molecule has 26 heteroatoms. The van der Waals surface area contributed by atoms with Crippen molar-refractivity contribution in [3.05, 3.63) is 167 Å². The SMILES string of the molecule is FPOCCCCc1ccccc1.NCCOPF.O=C(CCCCCCCOPF)OCC1c2ccccc2-c2ccccc21.O=C(N[C@H](CO)C(=O)CCCOPF)OCC1c2ccccc2-c2ccccc21.O=C1C=CC(=O)N1CCCCCOPF. The van der Waals surface area contributed by atoms with Crippen LogP contribution in [0.3, 0.4) is 0 Å². The second-order valence-corrected chi connectivity index (χ2v) is 22.5. The third kappa shape index (κ3) is 29.2. The summed E-state index contributed by atoms with van der Waals surface area (Å²) in [6.45, 7) is 2.69. The lowest BCUT2D eigenvalue weighted by Crippen LogP contribution is -2.44. The molecule has 1 heterocycles. The van der Waals surface area contributed by atoms with Crippen LogP contribution in [0.2, 0.25) is 0 Å². The molecular weight excluding hydrogens is 1270 g/mol. The van der Waals surface area contributed by atoms with E-state index < -0.39 is 64.3 Å². The summed E-state index contributed by atoms with van der Waals surface area (Å²) in [6.07, 6.45) is 12.7. The van der Waals surface area contributed by atoms with Crippen LogP contribution in [-0.2, 0) is 57.7 Å². The van der Waals surface area contributed by atoms with Crippen molar-refractivity contribution in [2.75, 3.05) is 65.9 Å². The van der Waals surface area contributed by atoms with Gasteiger partial charge in [0.2, 0.25) is 45.6 Å². The minimum Gasteiger partial charge on any atom is -0.465 e. The fourth-order valence-corrected chi connectivity index (χ4v) is 10.9. The number of carbonyl (C=O) groups excluding carboxylic acids is 5. The Hall–Kier alpha value is -5.09. The number of benzene rings is 5. The molecule has 90 heavy (non-hydrogen) atoms. The number of aliphatic hydroxyl groups excluding tert-OH is 1. The molecule has 4 N–H and O–H groups in total. The minimum atomic E-state index is -1.12. The first-order chi connectivity index (χ1) is 44.1. The Kier molecular flexibility index (Phi) is 41.8. The number of imide groups is 1. The third-order valence-electron chi connectivity index (χ3n) is 14.2. The second-order valence-electron chi connectivity index (χ2n) is 20.3. The second kappa shape index (κ2) is 48.6. The van der Waals surface area contributed by atoms with E-state index in [-0.39, 0.29) is 55.0 Å². The van der Waals surface area contributed by atoms with E-state index in [4.69, 9.17) is 19.7 Å². The highest BCUT2D eigenvalue weighted by Crippen LogP contribution is 2.46. The van der Waals surface area contributed by atoms with Crippen molar-refractivity contribution in [1.29, 1.82) is 0 Å². The number of ether oxygens (including phenoxy) is 2. The first kappa shape index (κ1) is 77.4. The largest absolute Gasteiger partial charge is 0.465 e. The van der Waals surface area contributed by atoms with Gasteiger partial charge in [0.05, 0.1) is 39.6 Å². The number of aryl methyl sites for hydroxylation is 1. The molecule has 2 aliphatic carbocycles. The van der Waals surface area contributed by atoms with Gasteiger partial charge in [0.15, 0.2) is 5.78 Å². The number of nitrogens with zero attached hydrogens (tertiary/aromatic N) is 1. The van der Waals surface area contributed by atoms with Crippen molar-refractivity contribution in [3.8, 4) is 22.3 Å². The molecule has 8 rings (SSSR count). The van der Waals surface area contributed by atoms with Gasteiger partial charge in [-0.25, -0.2) is 4.79 Å². The molecule has 3 amide bonds. The standard InChI is InChI=1S/C22H26FO3P.C21H23FNO5P.C10H14FOP.C9H13FNO3P.C2H7FNOP/c23-27-26-15-9-3-1-2-4-14-22(24)25-16-21-19-12-7-5-10-17(19)18-11-6-8-13-20(18)21;22-29-28-11-5-10-20(25)19(12-24)23-21(26)27-13-18-16-8-3-1-6-14(16)15-7-2-4-9-17(15)18;11-13-12-9-5-4-8-10-6-2-1-3-7-10;10-15-14-7-3-1-2-6-11-8(12)4-5-9(11)13;3-6-5-2-1-4/h5-8,10-13,21,27H,1-4,9,14-16H2;1-4,6-9,18-19,24,29H,5,10-13H2,(H,23,26);1-3,6-7,13H,4-5,8-9H2;4-5,15H,1-3,6-7H2;6H,1-2,4H2/t;19-;;;/m.1.../s1. The van der Waals surface area contributed by atoms with E-state index in [9.17, 15) is 50.1 Å². The topological polar surface area (TPSA) is 211 Å². The summed E-state index contributed by atoms with van der Waals surface area (Å²) < 4.78 is 91.4. The highest BCUT2D eigenvalue weighted by molar-refractivity contribution is 7.26. The fourth-order valence-electron chi connectivity index (χ4n) is 9.84. The number of unbranched alkanes of at least 4 members (excludes halogenated alkanes) is 7. The van der Waals surface area contributed by atoms with Gasteiger partial charge in [0, 0.05) is 49.9 Å². The Bertz CT molecular complexity index is 2770. The van der Waals surface area contributed by atoms with E-state index in [0.29, 0.717) is 59.0 Å². The van der Waals surface area contributed by atoms with Crippen molar-refractivity contribution in [2.45, 2.75) is 108 Å². The first-order valence-corrected chi connectivity index (χ1v) is 33.7. The van der Waals surface area contributed by atoms with E-state index in [0.717, 1.165) is 92.9 Å². The van der Waals surface area contributed by atoms with Crippen LogP contribution in [0.5, 0.6) is 0 Å². The maximum absolute atomic E-state index is 12.2. The van der Waals surface area contributed by atoms with E-state index in [1.807, 2.05) is 91.0 Å². The number of aliphatic hydroxyl groups is 1. The summed E-state index contributed by atoms with van der Waals surface area (Å²) in [6, 6.07) is 41.9. The highest BCUT2D eigenvalue weighted by atomic mass is 31.1. The van der Waals surface area contributed by atoms with Crippen LogP contribution >= 0.6 is 45.6 Å². The molecule has 6 atom stereocenters. The van der Waals surface area contributed by atoms with E-state index in [1.54, 1.807) is 0 Å². The maximum Gasteiger partial charge on any atom is 0.407 e. The zero-order valence-corrected chi connectivity index (χ0v) is 55.2. The molecule has 0 saturated heterocycles. The number of hydrogen-bond acceptors (Lipinski definition) is 14. The number of fused-ring (bicyclic) bond motifs is 6.